The van der Waals surface area contributed by atoms with Gasteiger partial charge in [0.15, 0.2) is 5.70 Å². The van der Waals surface area contributed by atoms with Crippen molar-refractivity contribution in [3.8, 4) is 6.07 Å². The van der Waals surface area contributed by atoms with E-state index in [1.54, 1.807) is 0 Å². The van der Waals surface area contributed by atoms with Crippen LogP contribution in [0.15, 0.2) is 35.0 Å². The van der Waals surface area contributed by atoms with Crippen LogP contribution in [0.5, 0.6) is 0 Å². The number of esters is 1. The van der Waals surface area contributed by atoms with E-state index in [4.69, 9.17) is 15.0 Å². The number of carbonyl (C=O) groups excluding carboxylic acids is 1. The van der Waals surface area contributed by atoms with E-state index >= 15 is 0 Å². The summed E-state index contributed by atoms with van der Waals surface area (Å²) in [7, 11) is 1.97. The van der Waals surface area contributed by atoms with Gasteiger partial charge < -0.3 is 9.64 Å². The molecule has 1 heterocycles. The minimum atomic E-state index is -0.314. The second kappa shape index (κ2) is 7.02. The van der Waals surface area contributed by atoms with Crippen LogP contribution in [0.4, 0.5) is 5.69 Å². The fourth-order valence-corrected chi connectivity index (χ4v) is 6.34. The Hall–Kier alpha value is -2.61. The first-order chi connectivity index (χ1) is 14.0. The molecule has 1 aromatic rings. The number of anilines is 1. The van der Waals surface area contributed by atoms with Gasteiger partial charge in [0.25, 0.3) is 0 Å². The quantitative estimate of drug-likeness (QED) is 0.547. The largest absolute Gasteiger partial charge is 0.406 e. The third-order valence-electron chi connectivity index (χ3n) is 7.31. The number of hydrogen-bond acceptors (Lipinski definition) is 5. The van der Waals surface area contributed by atoms with Crippen LogP contribution in [0.1, 0.15) is 50.5 Å². The van der Waals surface area contributed by atoms with E-state index in [2.05, 4.69) is 6.07 Å². The molecule has 29 heavy (non-hydrogen) atoms. The number of benzene rings is 1. The van der Waals surface area contributed by atoms with Crippen molar-refractivity contribution in [1.82, 2.24) is 0 Å². The van der Waals surface area contributed by atoms with E-state index in [9.17, 15) is 4.79 Å². The molecule has 4 saturated carbocycles. The highest BCUT2D eigenvalue weighted by Crippen LogP contribution is 2.61. The Balaban J connectivity index is 1.35. The minimum Gasteiger partial charge on any atom is -0.406 e. The van der Waals surface area contributed by atoms with Crippen molar-refractivity contribution < 1.29 is 9.53 Å². The first kappa shape index (κ1) is 18.4. The van der Waals surface area contributed by atoms with Gasteiger partial charge in [-0.25, -0.2) is 9.79 Å². The molecule has 0 saturated heterocycles. The lowest BCUT2D eigenvalue weighted by atomic mass is 9.49. The maximum absolute atomic E-state index is 12.5. The van der Waals surface area contributed by atoms with E-state index in [0.717, 1.165) is 48.3 Å². The number of nitrogens with zero attached hydrogens (tertiary/aromatic N) is 3. The fraction of sp³-hybridized carbons (Fsp3) is 0.542. The number of nitriles is 1. The van der Waals surface area contributed by atoms with Gasteiger partial charge in [0.2, 0.25) is 5.90 Å². The van der Waals surface area contributed by atoms with Crippen LogP contribution < -0.4 is 4.90 Å². The molecular formula is C24H27N3O2. The predicted octanol–water partition coefficient (Wildman–Crippen LogP) is 4.55. The summed E-state index contributed by atoms with van der Waals surface area (Å²) in [4.78, 5) is 19.3. The van der Waals surface area contributed by atoms with Crippen molar-refractivity contribution in [3.63, 3.8) is 0 Å². The average molecular weight is 389 g/mol. The molecule has 0 N–H and O–H groups in total. The number of aliphatic imine (C=N–C) groups is 1. The Morgan fingerprint density at radius 3 is 2.38 bits per heavy atom. The molecule has 4 aliphatic carbocycles. The van der Waals surface area contributed by atoms with Crippen LogP contribution in [0.3, 0.4) is 0 Å². The maximum Gasteiger partial charge on any atom is 0.363 e. The number of hydrogen-bond donors (Lipinski definition) is 0. The highest BCUT2D eigenvalue weighted by molar-refractivity contribution is 6.09. The third-order valence-corrected chi connectivity index (χ3v) is 7.31. The second-order valence-corrected chi connectivity index (χ2v) is 9.46. The molecule has 0 atom stereocenters. The van der Waals surface area contributed by atoms with Crippen molar-refractivity contribution in [3.05, 3.63) is 35.5 Å². The molecule has 4 fully saturated rings. The molecule has 5 aliphatic rings. The molecule has 0 aromatic heterocycles. The second-order valence-electron chi connectivity index (χ2n) is 9.46. The van der Waals surface area contributed by atoms with Crippen molar-refractivity contribution >= 4 is 23.6 Å². The fourth-order valence-electron chi connectivity index (χ4n) is 6.34. The molecule has 0 radical (unpaired) electrons. The summed E-state index contributed by atoms with van der Waals surface area (Å²) in [5.74, 6) is 2.76. The smallest absolute Gasteiger partial charge is 0.363 e. The zero-order valence-corrected chi connectivity index (χ0v) is 16.9. The standard InChI is InChI=1S/C24H27N3O2/c1-27(8-2-7-25)20-5-3-16(4-6-20)12-21-22(28)29-23(26-21)24-13-17-9-18(14-24)11-19(10-17)15-24/h3-6,12,17-19H,2,8-11,13-15H2,1H3/b21-12+. The average Bonchev–Trinajstić information content (AvgIpc) is 3.07. The number of rotatable bonds is 5. The molecule has 1 aliphatic heterocycles. The van der Waals surface area contributed by atoms with E-state index in [0.29, 0.717) is 24.6 Å². The normalized spacial score (nSPS) is 33.5. The zero-order chi connectivity index (χ0) is 20.0. The molecule has 0 amide bonds. The topological polar surface area (TPSA) is 65.7 Å². The van der Waals surface area contributed by atoms with Gasteiger partial charge in [-0.05, 0) is 80.1 Å². The first-order valence-corrected chi connectivity index (χ1v) is 10.8. The molecule has 1 aromatic carbocycles. The van der Waals surface area contributed by atoms with Crippen LogP contribution >= 0.6 is 0 Å². The number of ether oxygens (including phenoxy) is 1. The van der Waals surface area contributed by atoms with Crippen molar-refractivity contribution in [2.75, 3.05) is 18.5 Å². The highest BCUT2D eigenvalue weighted by Gasteiger charge is 2.55. The lowest BCUT2D eigenvalue weighted by Crippen LogP contribution is -2.50. The zero-order valence-electron chi connectivity index (χ0n) is 16.9. The van der Waals surface area contributed by atoms with E-state index in [-0.39, 0.29) is 11.4 Å². The van der Waals surface area contributed by atoms with Crippen LogP contribution in [-0.4, -0.2) is 25.5 Å². The summed E-state index contributed by atoms with van der Waals surface area (Å²) in [6, 6.07) is 10.1. The minimum absolute atomic E-state index is 0.00725. The summed E-state index contributed by atoms with van der Waals surface area (Å²) in [5, 5.41) is 8.74. The van der Waals surface area contributed by atoms with Gasteiger partial charge in [-0.3, -0.25) is 0 Å². The van der Waals surface area contributed by atoms with E-state index in [1.807, 2.05) is 42.3 Å². The van der Waals surface area contributed by atoms with Gasteiger partial charge in [0.05, 0.1) is 12.5 Å². The predicted molar refractivity (Wildman–Crippen MR) is 112 cm³/mol. The van der Waals surface area contributed by atoms with Crippen LogP contribution in [0, 0.1) is 34.5 Å². The summed E-state index contributed by atoms with van der Waals surface area (Å²) in [5.41, 5.74) is 2.41. The van der Waals surface area contributed by atoms with Gasteiger partial charge in [-0.1, -0.05) is 12.1 Å². The van der Waals surface area contributed by atoms with Crippen LogP contribution in [-0.2, 0) is 9.53 Å². The molecule has 6 rings (SSSR count). The Morgan fingerprint density at radius 1 is 1.17 bits per heavy atom. The first-order valence-electron chi connectivity index (χ1n) is 10.8. The van der Waals surface area contributed by atoms with E-state index < -0.39 is 0 Å². The molecule has 0 unspecified atom stereocenters. The van der Waals surface area contributed by atoms with Gasteiger partial charge in [-0.2, -0.15) is 5.26 Å². The molecular weight excluding hydrogens is 362 g/mol. The monoisotopic (exact) mass is 389 g/mol. The van der Waals surface area contributed by atoms with Crippen LogP contribution in [0.2, 0.25) is 0 Å². The Morgan fingerprint density at radius 2 is 1.79 bits per heavy atom. The molecule has 0 spiro atoms. The highest BCUT2D eigenvalue weighted by atomic mass is 16.6. The molecule has 5 heteroatoms. The summed E-state index contributed by atoms with van der Waals surface area (Å²) in [6.07, 6.45) is 9.83. The Bertz CT molecular complexity index is 887. The molecule has 5 nitrogen and oxygen atoms in total. The van der Waals surface area contributed by atoms with E-state index in [1.165, 1.54) is 19.3 Å². The van der Waals surface area contributed by atoms with Gasteiger partial charge in [0, 0.05) is 24.7 Å². The van der Waals surface area contributed by atoms with Gasteiger partial charge in [0.1, 0.15) is 0 Å². The maximum atomic E-state index is 12.5. The van der Waals surface area contributed by atoms with Crippen molar-refractivity contribution in [1.29, 1.82) is 5.26 Å². The Kier molecular flexibility index (Phi) is 4.46. The number of cyclic esters (lactones) is 1. The lowest BCUT2D eigenvalue weighted by molar-refractivity contribution is -0.131. The van der Waals surface area contributed by atoms with Gasteiger partial charge >= 0.3 is 5.97 Å². The van der Waals surface area contributed by atoms with Gasteiger partial charge in [-0.15, -0.1) is 0 Å². The van der Waals surface area contributed by atoms with Crippen molar-refractivity contribution in [2.45, 2.75) is 44.9 Å². The summed E-state index contributed by atoms with van der Waals surface area (Å²) < 4.78 is 5.74. The third kappa shape index (κ3) is 3.35. The molecule has 4 bridgehead atoms. The van der Waals surface area contributed by atoms with Crippen molar-refractivity contribution in [2.24, 2.45) is 28.2 Å². The summed E-state index contributed by atoms with van der Waals surface area (Å²) >= 11 is 0. The molecule has 150 valence electrons. The number of carbonyl (C=O) groups is 1. The SMILES string of the molecule is CN(CCC#N)c1ccc(/C=C2/N=C(C34CC5CC(CC(C5)C3)C4)OC2=O)cc1. The Labute approximate surface area is 172 Å². The lowest BCUT2D eigenvalue weighted by Gasteiger charge is -2.55. The van der Waals surface area contributed by atoms with Crippen LogP contribution in [0.25, 0.3) is 6.08 Å². The summed E-state index contributed by atoms with van der Waals surface area (Å²) in [6.45, 7) is 0.696.